The van der Waals surface area contributed by atoms with Crippen molar-refractivity contribution < 1.29 is 0 Å². The molecule has 5 nitrogen and oxygen atoms in total. The number of pyridine rings is 1. The monoisotopic (exact) mass is 259 g/mol. The van der Waals surface area contributed by atoms with E-state index in [1.807, 2.05) is 36.4 Å². The number of hydrogen-bond acceptors (Lipinski definition) is 4. The molecule has 102 valence electrons. The minimum atomic E-state index is 0.784. The van der Waals surface area contributed by atoms with Crippen molar-refractivity contribution in [1.29, 1.82) is 0 Å². The Morgan fingerprint density at radius 2 is 2.21 bits per heavy atom. The fourth-order valence-electron chi connectivity index (χ4n) is 2.03. The minimum Gasteiger partial charge on any atom is -0.367 e. The molecule has 2 aromatic rings. The summed E-state index contributed by atoms with van der Waals surface area (Å²) in [5.41, 5.74) is 2.40. The summed E-state index contributed by atoms with van der Waals surface area (Å²) in [5, 5.41) is 3.34. The third-order valence-corrected chi connectivity index (χ3v) is 3.15. The van der Waals surface area contributed by atoms with Crippen LogP contribution in [0, 0.1) is 0 Å². The number of anilines is 1. The Morgan fingerprint density at radius 1 is 1.37 bits per heavy atom. The molecule has 2 rings (SSSR count). The summed E-state index contributed by atoms with van der Waals surface area (Å²) in [6.07, 6.45) is 7.55. The van der Waals surface area contributed by atoms with E-state index in [0.717, 1.165) is 25.5 Å². The van der Waals surface area contributed by atoms with Crippen LogP contribution in [0.3, 0.4) is 0 Å². The molecule has 0 aliphatic heterocycles. The van der Waals surface area contributed by atoms with E-state index in [9.17, 15) is 0 Å². The fourth-order valence-corrected chi connectivity index (χ4v) is 2.03. The highest BCUT2D eigenvalue weighted by Gasteiger charge is 2.09. The van der Waals surface area contributed by atoms with Crippen molar-refractivity contribution in [2.45, 2.75) is 20.0 Å². The van der Waals surface area contributed by atoms with Gasteiger partial charge in [0.1, 0.15) is 5.82 Å². The van der Waals surface area contributed by atoms with E-state index in [2.05, 4.69) is 40.2 Å². The van der Waals surface area contributed by atoms with Gasteiger partial charge in [0.15, 0.2) is 0 Å². The Hall–Kier alpha value is -1.88. The third kappa shape index (κ3) is 3.32. The molecule has 0 bridgehead atoms. The first-order chi connectivity index (χ1) is 9.22. The Balaban J connectivity index is 2.14. The van der Waals surface area contributed by atoms with Crippen LogP contribution in [0.15, 0.2) is 30.9 Å². The second-order valence-corrected chi connectivity index (χ2v) is 4.60. The SMILES string of the molecule is CCNCc1cnccc1N(C)Cc1nccn1C. The molecule has 0 aromatic carbocycles. The normalized spacial score (nSPS) is 10.7. The summed E-state index contributed by atoms with van der Waals surface area (Å²) >= 11 is 0. The number of rotatable bonds is 6. The second-order valence-electron chi connectivity index (χ2n) is 4.60. The molecule has 0 aliphatic rings. The van der Waals surface area contributed by atoms with Crippen LogP contribution in [-0.4, -0.2) is 28.1 Å². The predicted molar refractivity (Wildman–Crippen MR) is 76.9 cm³/mol. The van der Waals surface area contributed by atoms with Crippen LogP contribution in [0.25, 0.3) is 0 Å². The quantitative estimate of drug-likeness (QED) is 0.855. The van der Waals surface area contributed by atoms with Gasteiger partial charge in [-0.2, -0.15) is 0 Å². The Kier molecular flexibility index (Phi) is 4.52. The van der Waals surface area contributed by atoms with E-state index in [1.54, 1.807) is 0 Å². The summed E-state index contributed by atoms with van der Waals surface area (Å²) in [6, 6.07) is 2.05. The molecule has 0 saturated heterocycles. The highest BCUT2D eigenvalue weighted by atomic mass is 15.2. The third-order valence-electron chi connectivity index (χ3n) is 3.15. The van der Waals surface area contributed by atoms with E-state index >= 15 is 0 Å². The largest absolute Gasteiger partial charge is 0.367 e. The van der Waals surface area contributed by atoms with Crippen LogP contribution in [0.2, 0.25) is 0 Å². The van der Waals surface area contributed by atoms with Crippen LogP contribution in [0.5, 0.6) is 0 Å². The molecule has 0 fully saturated rings. The van der Waals surface area contributed by atoms with Gasteiger partial charge in [-0.15, -0.1) is 0 Å². The van der Waals surface area contributed by atoms with Gasteiger partial charge in [-0.1, -0.05) is 6.92 Å². The van der Waals surface area contributed by atoms with Crippen LogP contribution < -0.4 is 10.2 Å². The van der Waals surface area contributed by atoms with Gasteiger partial charge >= 0.3 is 0 Å². The van der Waals surface area contributed by atoms with Gasteiger partial charge in [0.05, 0.1) is 6.54 Å². The molecule has 0 atom stereocenters. The van der Waals surface area contributed by atoms with Crippen molar-refractivity contribution in [3.05, 3.63) is 42.2 Å². The number of nitrogens with one attached hydrogen (secondary N) is 1. The van der Waals surface area contributed by atoms with Gasteiger partial charge in [0.25, 0.3) is 0 Å². The summed E-state index contributed by atoms with van der Waals surface area (Å²) in [5.74, 6) is 1.05. The van der Waals surface area contributed by atoms with Crippen molar-refractivity contribution in [2.24, 2.45) is 7.05 Å². The first-order valence-electron chi connectivity index (χ1n) is 6.53. The lowest BCUT2D eigenvalue weighted by Crippen LogP contribution is -2.22. The lowest BCUT2D eigenvalue weighted by Gasteiger charge is -2.22. The number of aromatic nitrogens is 3. The summed E-state index contributed by atoms with van der Waals surface area (Å²) in [6.45, 7) is 4.68. The van der Waals surface area contributed by atoms with Crippen LogP contribution in [-0.2, 0) is 20.1 Å². The Bertz CT molecular complexity index is 520. The molecule has 0 aliphatic carbocycles. The smallest absolute Gasteiger partial charge is 0.127 e. The topological polar surface area (TPSA) is 46.0 Å². The van der Waals surface area contributed by atoms with E-state index in [-0.39, 0.29) is 0 Å². The average Bonchev–Trinajstić information content (AvgIpc) is 2.82. The van der Waals surface area contributed by atoms with Gasteiger partial charge in [0, 0.05) is 56.7 Å². The maximum atomic E-state index is 4.36. The number of imidazole rings is 1. The van der Waals surface area contributed by atoms with Crippen molar-refractivity contribution in [3.63, 3.8) is 0 Å². The van der Waals surface area contributed by atoms with Gasteiger partial charge in [0.2, 0.25) is 0 Å². The maximum absolute atomic E-state index is 4.36. The molecule has 0 saturated carbocycles. The summed E-state index contributed by atoms with van der Waals surface area (Å²) in [7, 11) is 4.10. The molecule has 19 heavy (non-hydrogen) atoms. The molecule has 0 spiro atoms. The van der Waals surface area contributed by atoms with Gasteiger partial charge < -0.3 is 14.8 Å². The average molecular weight is 259 g/mol. The predicted octanol–water partition coefficient (Wildman–Crippen LogP) is 1.56. The minimum absolute atomic E-state index is 0.784. The van der Waals surface area contributed by atoms with E-state index in [4.69, 9.17) is 0 Å². The van der Waals surface area contributed by atoms with Gasteiger partial charge in [-0.3, -0.25) is 4.98 Å². The first kappa shape index (κ1) is 13.5. The highest BCUT2D eigenvalue weighted by Crippen LogP contribution is 2.19. The van der Waals surface area contributed by atoms with Crippen LogP contribution >= 0.6 is 0 Å². The van der Waals surface area contributed by atoms with Gasteiger partial charge in [-0.25, -0.2) is 4.98 Å². The second kappa shape index (κ2) is 6.33. The summed E-state index contributed by atoms with van der Waals surface area (Å²) < 4.78 is 2.04. The molecule has 2 aromatic heterocycles. The zero-order valence-electron chi connectivity index (χ0n) is 11.8. The molecule has 5 heteroatoms. The lowest BCUT2D eigenvalue weighted by molar-refractivity contribution is 0.714. The number of nitrogens with zero attached hydrogens (tertiary/aromatic N) is 4. The zero-order valence-corrected chi connectivity index (χ0v) is 11.8. The fraction of sp³-hybridized carbons (Fsp3) is 0.429. The number of aryl methyl sites for hydroxylation is 1. The Morgan fingerprint density at radius 3 is 2.89 bits per heavy atom. The maximum Gasteiger partial charge on any atom is 0.127 e. The van der Waals surface area contributed by atoms with Crippen molar-refractivity contribution in [2.75, 3.05) is 18.5 Å². The van der Waals surface area contributed by atoms with E-state index in [1.165, 1.54) is 11.3 Å². The molecule has 0 unspecified atom stereocenters. The molecular formula is C14H21N5. The lowest BCUT2D eigenvalue weighted by atomic mass is 10.2. The molecule has 2 heterocycles. The van der Waals surface area contributed by atoms with Gasteiger partial charge in [-0.05, 0) is 12.6 Å². The van der Waals surface area contributed by atoms with Crippen LogP contribution in [0.4, 0.5) is 5.69 Å². The van der Waals surface area contributed by atoms with Crippen molar-refractivity contribution >= 4 is 5.69 Å². The van der Waals surface area contributed by atoms with Crippen molar-refractivity contribution in [3.8, 4) is 0 Å². The van der Waals surface area contributed by atoms with Crippen molar-refractivity contribution in [1.82, 2.24) is 19.9 Å². The highest BCUT2D eigenvalue weighted by molar-refractivity contribution is 5.51. The number of hydrogen-bond donors (Lipinski definition) is 1. The molecular weight excluding hydrogens is 238 g/mol. The molecule has 0 radical (unpaired) electrons. The first-order valence-corrected chi connectivity index (χ1v) is 6.53. The van der Waals surface area contributed by atoms with Crippen LogP contribution in [0.1, 0.15) is 18.3 Å². The van der Waals surface area contributed by atoms with E-state index in [0.29, 0.717) is 0 Å². The Labute approximate surface area is 114 Å². The zero-order chi connectivity index (χ0) is 13.7. The molecule has 1 N–H and O–H groups in total. The summed E-state index contributed by atoms with van der Waals surface area (Å²) in [4.78, 5) is 10.8. The standard InChI is InChI=1S/C14H21N5/c1-4-15-9-12-10-16-6-5-13(12)19(3)11-14-17-7-8-18(14)2/h5-8,10,15H,4,9,11H2,1-3H3. The van der Waals surface area contributed by atoms with E-state index < -0.39 is 0 Å². The molecule has 0 amide bonds.